The number of thioether (sulfide) groups is 1. The molecule has 1 aromatic heterocycles. The zero-order valence-electron chi connectivity index (χ0n) is 12.5. The molecule has 0 amide bonds. The molecule has 118 valence electrons. The maximum atomic E-state index is 11.7. The van der Waals surface area contributed by atoms with Crippen LogP contribution in [-0.4, -0.2) is 63.6 Å². The van der Waals surface area contributed by atoms with E-state index < -0.39 is 5.97 Å². The van der Waals surface area contributed by atoms with Crippen molar-refractivity contribution in [1.29, 1.82) is 0 Å². The Bertz CT molecular complexity index is 507. The van der Waals surface area contributed by atoms with Gasteiger partial charge in [0, 0.05) is 19.6 Å². The van der Waals surface area contributed by atoms with E-state index >= 15 is 0 Å². The van der Waals surface area contributed by atoms with E-state index in [1.54, 1.807) is 0 Å². The molecule has 1 aliphatic rings. The van der Waals surface area contributed by atoms with Crippen LogP contribution in [0.3, 0.4) is 0 Å². The van der Waals surface area contributed by atoms with E-state index in [4.69, 9.17) is 15.2 Å². The summed E-state index contributed by atoms with van der Waals surface area (Å²) in [5, 5.41) is 4.25. The fourth-order valence-corrected chi connectivity index (χ4v) is 4.15. The normalized spacial score (nSPS) is 19.5. The Morgan fingerprint density at radius 1 is 1.67 bits per heavy atom. The number of anilines is 2. The molecule has 0 radical (unpaired) electrons. The number of nitrogens with two attached hydrogens (primary N) is 1. The first kappa shape index (κ1) is 16.4. The van der Waals surface area contributed by atoms with Gasteiger partial charge in [-0.15, -0.1) is 23.1 Å². The summed E-state index contributed by atoms with van der Waals surface area (Å²) in [6, 6.07) is 0. The maximum absolute atomic E-state index is 11.7. The third-order valence-electron chi connectivity index (χ3n) is 3.31. The third-order valence-corrected chi connectivity index (χ3v) is 5.41. The number of thiophene rings is 1. The van der Waals surface area contributed by atoms with Gasteiger partial charge in [-0.3, -0.25) is 0 Å². The van der Waals surface area contributed by atoms with Gasteiger partial charge in [0.1, 0.15) is 9.88 Å². The largest absolute Gasteiger partial charge is 0.465 e. The molecule has 8 heteroatoms. The summed E-state index contributed by atoms with van der Waals surface area (Å²) in [5.41, 5.74) is 6.52. The van der Waals surface area contributed by atoms with Crippen LogP contribution >= 0.6 is 23.1 Å². The highest BCUT2D eigenvalue weighted by atomic mass is 32.2. The molecule has 1 unspecified atom stereocenters. The molecule has 0 spiro atoms. The molecule has 1 atom stereocenters. The van der Waals surface area contributed by atoms with Crippen molar-refractivity contribution in [2.24, 2.45) is 0 Å². The van der Waals surface area contributed by atoms with E-state index in [0.717, 1.165) is 29.6 Å². The van der Waals surface area contributed by atoms with Crippen LogP contribution in [0.1, 0.15) is 9.67 Å². The van der Waals surface area contributed by atoms with Crippen molar-refractivity contribution < 1.29 is 14.3 Å². The van der Waals surface area contributed by atoms with Gasteiger partial charge in [-0.05, 0) is 13.3 Å². The Kier molecular flexibility index (Phi) is 5.74. The summed E-state index contributed by atoms with van der Waals surface area (Å²) in [5.74, 6) is -0.394. The summed E-state index contributed by atoms with van der Waals surface area (Å²) < 4.78 is 10.5. The fraction of sp³-hybridized carbons (Fsp3) is 0.615. The van der Waals surface area contributed by atoms with Crippen molar-refractivity contribution in [2.45, 2.75) is 11.0 Å². The SMILES string of the molecule is COC(=O)c1sc(NCC2CN(C)CCO2)c(SC)c1N. The molecule has 6 nitrogen and oxygen atoms in total. The Hall–Kier alpha value is -0.960. The number of nitrogen functional groups attached to an aromatic ring is 1. The first-order valence-corrected chi connectivity index (χ1v) is 8.69. The minimum Gasteiger partial charge on any atom is -0.465 e. The van der Waals surface area contributed by atoms with Crippen molar-refractivity contribution in [3.63, 3.8) is 0 Å². The number of hydrogen-bond donors (Lipinski definition) is 2. The number of hydrogen-bond acceptors (Lipinski definition) is 8. The van der Waals surface area contributed by atoms with E-state index in [2.05, 4.69) is 17.3 Å². The number of methoxy groups -OCH3 is 1. The summed E-state index contributed by atoms with van der Waals surface area (Å²) in [4.78, 5) is 15.3. The Balaban J connectivity index is 2.07. The van der Waals surface area contributed by atoms with Gasteiger partial charge in [0.25, 0.3) is 0 Å². The van der Waals surface area contributed by atoms with Crippen LogP contribution in [0.4, 0.5) is 10.7 Å². The number of nitrogens with zero attached hydrogens (tertiary/aromatic N) is 1. The number of carbonyl (C=O) groups excluding carboxylic acids is 1. The smallest absolute Gasteiger partial charge is 0.350 e. The predicted molar refractivity (Wildman–Crippen MR) is 87.6 cm³/mol. The summed E-state index contributed by atoms with van der Waals surface area (Å²) in [6.07, 6.45) is 2.08. The second-order valence-corrected chi connectivity index (χ2v) is 6.67. The number of likely N-dealkylation sites (N-methyl/N-ethyl adjacent to an activating group) is 1. The lowest BCUT2D eigenvalue weighted by Gasteiger charge is -2.30. The molecule has 1 fully saturated rings. The minimum absolute atomic E-state index is 0.142. The number of rotatable bonds is 5. The van der Waals surface area contributed by atoms with Crippen molar-refractivity contribution in [3.05, 3.63) is 4.88 Å². The highest BCUT2D eigenvalue weighted by molar-refractivity contribution is 7.99. The van der Waals surface area contributed by atoms with E-state index in [-0.39, 0.29) is 6.10 Å². The highest BCUT2D eigenvalue weighted by Crippen LogP contribution is 2.41. The second-order valence-electron chi connectivity index (χ2n) is 4.83. The zero-order valence-corrected chi connectivity index (χ0v) is 14.1. The molecule has 2 heterocycles. The minimum atomic E-state index is -0.394. The van der Waals surface area contributed by atoms with Crippen molar-refractivity contribution >= 4 is 39.8 Å². The van der Waals surface area contributed by atoms with Crippen molar-refractivity contribution in [1.82, 2.24) is 4.90 Å². The lowest BCUT2D eigenvalue weighted by Crippen LogP contribution is -2.43. The van der Waals surface area contributed by atoms with Gasteiger partial charge >= 0.3 is 5.97 Å². The topological polar surface area (TPSA) is 76.8 Å². The molecule has 0 aliphatic carbocycles. The molecule has 21 heavy (non-hydrogen) atoms. The second kappa shape index (κ2) is 7.35. The monoisotopic (exact) mass is 331 g/mol. The van der Waals surface area contributed by atoms with Gasteiger partial charge in [0.15, 0.2) is 0 Å². The van der Waals surface area contributed by atoms with Crippen molar-refractivity contribution in [2.75, 3.05) is 57.7 Å². The average molecular weight is 331 g/mol. The number of nitrogens with one attached hydrogen (secondary N) is 1. The first-order chi connectivity index (χ1) is 10.1. The Morgan fingerprint density at radius 2 is 2.43 bits per heavy atom. The molecule has 1 saturated heterocycles. The molecule has 0 saturated carbocycles. The number of esters is 1. The first-order valence-electron chi connectivity index (χ1n) is 6.65. The average Bonchev–Trinajstić information content (AvgIpc) is 2.80. The molecule has 0 bridgehead atoms. The molecule has 1 aromatic rings. The quantitative estimate of drug-likeness (QED) is 0.626. The van der Waals surface area contributed by atoms with Gasteiger partial charge in [0.2, 0.25) is 0 Å². The van der Waals surface area contributed by atoms with E-state index in [1.165, 1.54) is 30.2 Å². The predicted octanol–water partition coefficient (Wildman–Crippen LogP) is 1.58. The Morgan fingerprint density at radius 3 is 3.05 bits per heavy atom. The molecule has 0 aromatic carbocycles. The van der Waals surface area contributed by atoms with E-state index in [0.29, 0.717) is 17.1 Å². The molecule has 1 aliphatic heterocycles. The van der Waals surface area contributed by atoms with Crippen LogP contribution in [0.2, 0.25) is 0 Å². The summed E-state index contributed by atoms with van der Waals surface area (Å²) in [6.45, 7) is 3.30. The van der Waals surface area contributed by atoms with Crippen molar-refractivity contribution in [3.8, 4) is 0 Å². The van der Waals surface area contributed by atoms with Gasteiger partial charge in [-0.25, -0.2) is 4.79 Å². The molecule has 2 rings (SSSR count). The van der Waals surface area contributed by atoms with Gasteiger partial charge in [-0.2, -0.15) is 0 Å². The van der Waals surface area contributed by atoms with Gasteiger partial charge in [-0.1, -0.05) is 0 Å². The Labute approximate surface area is 133 Å². The van der Waals surface area contributed by atoms with Crippen LogP contribution < -0.4 is 11.1 Å². The number of ether oxygens (including phenoxy) is 2. The maximum Gasteiger partial charge on any atom is 0.350 e. The van der Waals surface area contributed by atoms with E-state index in [9.17, 15) is 4.79 Å². The van der Waals surface area contributed by atoms with Crippen LogP contribution in [0.5, 0.6) is 0 Å². The number of carbonyl (C=O) groups is 1. The van der Waals surface area contributed by atoms with Gasteiger partial charge in [0.05, 0.1) is 30.4 Å². The molecular formula is C13H21N3O3S2. The van der Waals surface area contributed by atoms with E-state index in [1.807, 2.05) is 6.26 Å². The van der Waals surface area contributed by atoms with Gasteiger partial charge < -0.3 is 25.4 Å². The highest BCUT2D eigenvalue weighted by Gasteiger charge is 2.23. The van der Waals surface area contributed by atoms with Crippen LogP contribution in [-0.2, 0) is 9.47 Å². The zero-order chi connectivity index (χ0) is 15.4. The third kappa shape index (κ3) is 3.82. The standard InChI is InChI=1S/C13H21N3O3S2/c1-16-4-5-19-8(7-16)6-15-12-10(20-3)9(14)11(21-12)13(17)18-2/h8,15H,4-7,14H2,1-3H3. The van der Waals surface area contributed by atoms with Crippen LogP contribution in [0, 0.1) is 0 Å². The lowest BCUT2D eigenvalue weighted by molar-refractivity contribution is -0.0117. The molecular weight excluding hydrogens is 310 g/mol. The van der Waals surface area contributed by atoms with Crippen LogP contribution in [0.25, 0.3) is 0 Å². The fourth-order valence-electron chi connectivity index (χ4n) is 2.19. The lowest BCUT2D eigenvalue weighted by atomic mass is 10.3. The number of morpholine rings is 1. The molecule has 3 N–H and O–H groups in total. The van der Waals surface area contributed by atoms with Crippen LogP contribution in [0.15, 0.2) is 4.90 Å². The summed E-state index contributed by atoms with van der Waals surface area (Å²) >= 11 is 2.85. The summed E-state index contributed by atoms with van der Waals surface area (Å²) in [7, 11) is 3.44.